The molecule has 0 radical (unpaired) electrons. The molecule has 1 saturated carbocycles. The predicted octanol–water partition coefficient (Wildman–Crippen LogP) is 2.66. The van der Waals surface area contributed by atoms with Crippen LogP contribution in [0.15, 0.2) is 24.3 Å². The highest BCUT2D eigenvalue weighted by Crippen LogP contribution is 2.26. The molecule has 5 nitrogen and oxygen atoms in total. The van der Waals surface area contributed by atoms with Gasteiger partial charge in [0.25, 0.3) is 0 Å². The number of hydrogen-bond donors (Lipinski definition) is 2. The van der Waals surface area contributed by atoms with E-state index in [4.69, 9.17) is 5.73 Å². The molecule has 138 valence electrons. The Balaban J connectivity index is 2.03. The van der Waals surface area contributed by atoms with Crippen LogP contribution < -0.4 is 11.1 Å². The molecule has 2 rings (SSSR count). The summed E-state index contributed by atoms with van der Waals surface area (Å²) < 4.78 is 37.8. The molecule has 1 aromatic rings. The van der Waals surface area contributed by atoms with Crippen molar-refractivity contribution in [3.63, 3.8) is 0 Å². The van der Waals surface area contributed by atoms with Crippen molar-refractivity contribution in [2.45, 2.75) is 44.9 Å². The molecule has 2 amide bonds. The zero-order valence-electron chi connectivity index (χ0n) is 14.0. The molecule has 0 aliphatic heterocycles. The number of alkyl halides is 3. The van der Waals surface area contributed by atoms with Gasteiger partial charge in [0.1, 0.15) is 0 Å². The summed E-state index contributed by atoms with van der Waals surface area (Å²) in [5.41, 5.74) is 6.82. The molecule has 3 N–H and O–H groups in total. The zero-order valence-corrected chi connectivity index (χ0v) is 14.0. The molecule has 2 unspecified atom stereocenters. The van der Waals surface area contributed by atoms with Crippen LogP contribution >= 0.6 is 0 Å². The highest BCUT2D eigenvalue weighted by Gasteiger charge is 2.41. The fourth-order valence-electron chi connectivity index (χ4n) is 2.97. The first-order valence-corrected chi connectivity index (χ1v) is 8.22. The largest absolute Gasteiger partial charge is 0.471 e. The minimum Gasteiger partial charge on any atom is -0.331 e. The second kappa shape index (κ2) is 7.86. The second-order valence-corrected chi connectivity index (χ2v) is 6.28. The lowest BCUT2D eigenvalue weighted by Gasteiger charge is -2.22. The molecule has 8 heteroatoms. The van der Waals surface area contributed by atoms with Gasteiger partial charge in [-0.1, -0.05) is 12.1 Å². The lowest BCUT2D eigenvalue weighted by atomic mass is 10.1. The number of rotatable bonds is 5. The Kier molecular flexibility index (Phi) is 6.05. The highest BCUT2D eigenvalue weighted by molar-refractivity contribution is 5.92. The van der Waals surface area contributed by atoms with Crippen LogP contribution in [-0.4, -0.2) is 35.5 Å². The minimum absolute atomic E-state index is 0.0357. The monoisotopic (exact) mass is 357 g/mol. The number of anilines is 1. The third-order valence-corrected chi connectivity index (χ3v) is 4.32. The topological polar surface area (TPSA) is 75.4 Å². The Morgan fingerprint density at radius 2 is 2.04 bits per heavy atom. The van der Waals surface area contributed by atoms with Crippen molar-refractivity contribution in [1.29, 1.82) is 0 Å². The first-order valence-electron chi connectivity index (χ1n) is 8.22. The Morgan fingerprint density at radius 1 is 1.32 bits per heavy atom. The van der Waals surface area contributed by atoms with E-state index in [1.807, 2.05) is 0 Å². The van der Waals surface area contributed by atoms with Crippen molar-refractivity contribution < 1.29 is 22.8 Å². The van der Waals surface area contributed by atoms with E-state index < -0.39 is 12.1 Å². The summed E-state index contributed by atoms with van der Waals surface area (Å²) in [6, 6.07) is 6.54. The highest BCUT2D eigenvalue weighted by atomic mass is 19.4. The molecule has 0 heterocycles. The summed E-state index contributed by atoms with van der Waals surface area (Å²) >= 11 is 0. The maximum Gasteiger partial charge on any atom is 0.471 e. The van der Waals surface area contributed by atoms with Gasteiger partial charge < -0.3 is 16.0 Å². The van der Waals surface area contributed by atoms with Crippen LogP contribution in [0.3, 0.4) is 0 Å². The number of nitrogens with two attached hydrogens (primary N) is 1. The normalized spacial score (nSPS) is 20.4. The van der Waals surface area contributed by atoms with Gasteiger partial charge >= 0.3 is 12.1 Å². The van der Waals surface area contributed by atoms with Crippen molar-refractivity contribution >= 4 is 17.5 Å². The van der Waals surface area contributed by atoms with E-state index in [0.717, 1.165) is 17.7 Å². The lowest BCUT2D eigenvalue weighted by Crippen LogP contribution is -2.40. The van der Waals surface area contributed by atoms with Gasteiger partial charge in [0.15, 0.2) is 0 Å². The fourth-order valence-corrected chi connectivity index (χ4v) is 2.97. The molecule has 1 aromatic carbocycles. The smallest absolute Gasteiger partial charge is 0.331 e. The van der Waals surface area contributed by atoms with Gasteiger partial charge in [-0.25, -0.2) is 0 Å². The Bertz CT molecular complexity index is 634. The van der Waals surface area contributed by atoms with Gasteiger partial charge in [-0.3, -0.25) is 9.59 Å². The quantitative estimate of drug-likeness (QED) is 0.851. The Hall–Kier alpha value is -2.09. The second-order valence-electron chi connectivity index (χ2n) is 6.28. The number of benzene rings is 1. The van der Waals surface area contributed by atoms with E-state index in [9.17, 15) is 22.8 Å². The molecule has 0 saturated heterocycles. The lowest BCUT2D eigenvalue weighted by molar-refractivity contribution is -0.185. The summed E-state index contributed by atoms with van der Waals surface area (Å²) in [5, 5.41) is 2.78. The van der Waals surface area contributed by atoms with Crippen molar-refractivity contribution in [3.8, 4) is 0 Å². The van der Waals surface area contributed by atoms with Crippen LogP contribution in [0.25, 0.3) is 0 Å². The van der Waals surface area contributed by atoms with Gasteiger partial charge in [-0.05, 0) is 43.9 Å². The molecule has 0 aromatic heterocycles. The number of carbonyl (C=O) groups excluding carboxylic acids is 2. The number of nitrogens with one attached hydrogen (secondary N) is 1. The molecule has 1 fully saturated rings. The van der Waals surface area contributed by atoms with E-state index in [1.165, 1.54) is 6.92 Å². The van der Waals surface area contributed by atoms with Crippen molar-refractivity contribution in [2.75, 3.05) is 11.9 Å². The minimum atomic E-state index is -4.90. The van der Waals surface area contributed by atoms with Gasteiger partial charge in [0, 0.05) is 30.7 Å². The van der Waals surface area contributed by atoms with E-state index in [-0.39, 0.29) is 31.0 Å². The van der Waals surface area contributed by atoms with Crippen LogP contribution in [0.2, 0.25) is 0 Å². The Morgan fingerprint density at radius 3 is 2.60 bits per heavy atom. The summed E-state index contributed by atoms with van der Waals surface area (Å²) in [6.07, 6.45) is -2.72. The average Bonchev–Trinajstić information content (AvgIpc) is 2.98. The molecule has 25 heavy (non-hydrogen) atoms. The van der Waals surface area contributed by atoms with Crippen LogP contribution in [-0.2, 0) is 16.1 Å². The molecule has 1 aliphatic rings. The van der Waals surface area contributed by atoms with E-state index >= 15 is 0 Å². The van der Waals surface area contributed by atoms with Crippen LogP contribution in [0.5, 0.6) is 0 Å². The predicted molar refractivity (Wildman–Crippen MR) is 87.5 cm³/mol. The average molecular weight is 357 g/mol. The van der Waals surface area contributed by atoms with Crippen molar-refractivity contribution in [3.05, 3.63) is 29.8 Å². The van der Waals surface area contributed by atoms with Gasteiger partial charge in [-0.15, -0.1) is 0 Å². The SMILES string of the molecule is CCN(Cc1cccc(NC(=O)C2CCC(N)C2)c1)C(=O)C(F)(F)F. The summed E-state index contributed by atoms with van der Waals surface area (Å²) in [7, 11) is 0. The number of carbonyl (C=O) groups is 2. The van der Waals surface area contributed by atoms with Crippen LogP contribution in [0.4, 0.5) is 18.9 Å². The Labute approximate surface area is 144 Å². The standard InChI is InChI=1S/C17H22F3N3O2/c1-2-23(16(25)17(18,19)20)10-11-4-3-5-14(8-11)22-15(24)12-6-7-13(21)9-12/h3-5,8,12-13H,2,6-7,9-10,21H2,1H3,(H,22,24). The van der Waals surface area contributed by atoms with E-state index in [0.29, 0.717) is 17.7 Å². The number of hydrogen-bond acceptors (Lipinski definition) is 3. The molecular formula is C17H22F3N3O2. The number of amides is 2. The molecule has 1 aliphatic carbocycles. The zero-order chi connectivity index (χ0) is 18.6. The molecular weight excluding hydrogens is 335 g/mol. The number of halogens is 3. The van der Waals surface area contributed by atoms with E-state index in [1.54, 1.807) is 24.3 Å². The van der Waals surface area contributed by atoms with Crippen LogP contribution in [0, 0.1) is 5.92 Å². The van der Waals surface area contributed by atoms with Gasteiger partial charge in [-0.2, -0.15) is 13.2 Å². The van der Waals surface area contributed by atoms with Crippen LogP contribution in [0.1, 0.15) is 31.7 Å². The van der Waals surface area contributed by atoms with Crippen molar-refractivity contribution in [2.24, 2.45) is 11.7 Å². The van der Waals surface area contributed by atoms with E-state index in [2.05, 4.69) is 5.32 Å². The fraction of sp³-hybridized carbons (Fsp3) is 0.529. The first-order chi connectivity index (χ1) is 11.7. The molecule has 2 atom stereocenters. The molecule has 0 spiro atoms. The summed E-state index contributed by atoms with van der Waals surface area (Å²) in [4.78, 5) is 24.3. The maximum absolute atomic E-state index is 12.6. The number of nitrogens with zero attached hydrogens (tertiary/aromatic N) is 1. The maximum atomic E-state index is 12.6. The third kappa shape index (κ3) is 5.19. The van der Waals surface area contributed by atoms with Crippen molar-refractivity contribution in [1.82, 2.24) is 4.90 Å². The van der Waals surface area contributed by atoms with Gasteiger partial charge in [0.05, 0.1) is 0 Å². The summed E-state index contributed by atoms with van der Waals surface area (Å²) in [6.45, 7) is 1.25. The first kappa shape index (κ1) is 19.2. The summed E-state index contributed by atoms with van der Waals surface area (Å²) in [5.74, 6) is -2.15. The third-order valence-electron chi connectivity index (χ3n) is 4.32. The van der Waals surface area contributed by atoms with Gasteiger partial charge in [0.2, 0.25) is 5.91 Å². The molecule has 0 bridgehead atoms.